The fourth-order valence-corrected chi connectivity index (χ4v) is 5.26. The number of anilines is 2. The summed E-state index contributed by atoms with van der Waals surface area (Å²) in [6.45, 7) is 4.19. The number of amides is 1. The number of H-pyrrole nitrogens is 1. The third-order valence-corrected chi connectivity index (χ3v) is 7.07. The van der Waals surface area contributed by atoms with Crippen LogP contribution in [0.3, 0.4) is 0 Å². The zero-order valence-corrected chi connectivity index (χ0v) is 17.5. The van der Waals surface area contributed by atoms with E-state index in [2.05, 4.69) is 39.2 Å². The molecule has 28 heavy (non-hydrogen) atoms. The minimum atomic E-state index is -0.267. The lowest BCUT2D eigenvalue weighted by Gasteiger charge is -2.29. The summed E-state index contributed by atoms with van der Waals surface area (Å²) in [7, 11) is 0. The van der Waals surface area contributed by atoms with Crippen LogP contribution in [0.25, 0.3) is 0 Å². The zero-order valence-electron chi connectivity index (χ0n) is 15.9. The highest BCUT2D eigenvalue weighted by molar-refractivity contribution is 7.99. The van der Waals surface area contributed by atoms with Gasteiger partial charge in [-0.2, -0.15) is 11.8 Å². The molecule has 0 spiro atoms. The summed E-state index contributed by atoms with van der Waals surface area (Å²) >= 11 is 3.48. The van der Waals surface area contributed by atoms with Crippen molar-refractivity contribution < 1.29 is 4.79 Å². The molecular formula is C20H24N4O2S2. The zero-order chi connectivity index (χ0) is 19.5. The monoisotopic (exact) mass is 416 g/mol. The average molecular weight is 417 g/mol. The van der Waals surface area contributed by atoms with Crippen molar-refractivity contribution >= 4 is 40.9 Å². The van der Waals surface area contributed by atoms with Crippen LogP contribution in [0.1, 0.15) is 36.8 Å². The number of benzene rings is 1. The Morgan fingerprint density at radius 1 is 1.21 bits per heavy atom. The van der Waals surface area contributed by atoms with Crippen molar-refractivity contribution in [2.45, 2.75) is 30.8 Å². The molecule has 2 aliphatic rings. The standard InChI is InChI=1S/C20H24N4O2S2/c1-2-9-28-20-22-18-17(19(26)23-20)15(12-16(25)21-18)13-3-5-14(6-4-13)24-7-10-27-11-8-24/h3-6,15H,2,7-12H2,1H3,(H2,21,22,23,25,26). The maximum Gasteiger partial charge on any atom is 0.257 e. The smallest absolute Gasteiger partial charge is 0.257 e. The molecule has 0 bridgehead atoms. The Morgan fingerprint density at radius 3 is 2.68 bits per heavy atom. The number of nitrogens with one attached hydrogen (secondary N) is 2. The first-order valence-electron chi connectivity index (χ1n) is 9.65. The van der Waals surface area contributed by atoms with Crippen LogP contribution in [0.2, 0.25) is 0 Å². The minimum Gasteiger partial charge on any atom is -0.370 e. The van der Waals surface area contributed by atoms with Gasteiger partial charge in [0.15, 0.2) is 5.16 Å². The number of hydrogen-bond acceptors (Lipinski definition) is 6. The number of hydrogen-bond donors (Lipinski definition) is 2. The summed E-state index contributed by atoms with van der Waals surface area (Å²) in [5.41, 5.74) is 2.57. The van der Waals surface area contributed by atoms with Crippen molar-refractivity contribution in [3.63, 3.8) is 0 Å². The summed E-state index contributed by atoms with van der Waals surface area (Å²) in [4.78, 5) is 34.8. The summed E-state index contributed by atoms with van der Waals surface area (Å²) in [6, 6.07) is 8.29. The van der Waals surface area contributed by atoms with Crippen LogP contribution in [0.5, 0.6) is 0 Å². The van der Waals surface area contributed by atoms with E-state index in [9.17, 15) is 9.59 Å². The van der Waals surface area contributed by atoms with Gasteiger partial charge in [-0.3, -0.25) is 9.59 Å². The first kappa shape index (κ1) is 19.4. The molecule has 1 aromatic carbocycles. The number of carbonyl (C=O) groups excluding carboxylic acids is 1. The van der Waals surface area contributed by atoms with Crippen molar-refractivity contribution in [3.8, 4) is 0 Å². The van der Waals surface area contributed by atoms with Crippen LogP contribution in [0.4, 0.5) is 11.5 Å². The predicted molar refractivity (Wildman–Crippen MR) is 117 cm³/mol. The van der Waals surface area contributed by atoms with Gasteiger partial charge in [0.2, 0.25) is 5.91 Å². The Morgan fingerprint density at radius 2 is 1.96 bits per heavy atom. The lowest BCUT2D eigenvalue weighted by Crippen LogP contribution is -2.32. The molecule has 3 heterocycles. The maximum absolute atomic E-state index is 12.8. The van der Waals surface area contributed by atoms with E-state index < -0.39 is 0 Å². The van der Waals surface area contributed by atoms with Gasteiger partial charge in [-0.15, -0.1) is 0 Å². The van der Waals surface area contributed by atoms with Gasteiger partial charge >= 0.3 is 0 Å². The molecule has 2 aromatic rings. The molecule has 4 rings (SSSR count). The molecule has 2 N–H and O–H groups in total. The van der Waals surface area contributed by atoms with Crippen LogP contribution in [-0.4, -0.2) is 46.2 Å². The molecule has 1 saturated heterocycles. The number of carbonyl (C=O) groups is 1. The summed E-state index contributed by atoms with van der Waals surface area (Å²) in [6.07, 6.45) is 1.25. The summed E-state index contributed by atoms with van der Waals surface area (Å²) < 4.78 is 0. The number of thioether (sulfide) groups is 2. The van der Waals surface area contributed by atoms with Crippen LogP contribution in [0, 0.1) is 0 Å². The third-order valence-electron chi connectivity index (χ3n) is 5.04. The van der Waals surface area contributed by atoms with Crippen molar-refractivity contribution in [1.82, 2.24) is 9.97 Å². The summed E-state index contributed by atoms with van der Waals surface area (Å²) in [5, 5.41) is 3.35. The molecule has 2 aliphatic heterocycles. The minimum absolute atomic E-state index is 0.0980. The van der Waals surface area contributed by atoms with Gasteiger partial charge in [-0.25, -0.2) is 4.98 Å². The van der Waals surface area contributed by atoms with Gasteiger partial charge in [0, 0.05) is 48.4 Å². The maximum atomic E-state index is 12.8. The third kappa shape index (κ3) is 4.07. The molecule has 1 amide bonds. The van der Waals surface area contributed by atoms with Crippen molar-refractivity contribution in [1.29, 1.82) is 0 Å². The van der Waals surface area contributed by atoms with Gasteiger partial charge in [-0.05, 0) is 24.1 Å². The molecule has 1 unspecified atom stereocenters. The van der Waals surface area contributed by atoms with Crippen LogP contribution in [-0.2, 0) is 4.79 Å². The highest BCUT2D eigenvalue weighted by Crippen LogP contribution is 2.35. The van der Waals surface area contributed by atoms with E-state index in [1.54, 1.807) is 0 Å². The molecule has 1 fully saturated rings. The molecule has 1 aromatic heterocycles. The van der Waals surface area contributed by atoms with E-state index in [-0.39, 0.29) is 23.8 Å². The molecule has 0 aliphatic carbocycles. The largest absolute Gasteiger partial charge is 0.370 e. The second-order valence-electron chi connectivity index (χ2n) is 6.98. The second-order valence-corrected chi connectivity index (χ2v) is 9.29. The van der Waals surface area contributed by atoms with Gasteiger partial charge < -0.3 is 15.2 Å². The van der Waals surface area contributed by atoms with E-state index in [1.165, 1.54) is 17.4 Å². The van der Waals surface area contributed by atoms with E-state index >= 15 is 0 Å². The predicted octanol–water partition coefficient (Wildman–Crippen LogP) is 3.30. The molecule has 8 heteroatoms. The van der Waals surface area contributed by atoms with Crippen LogP contribution >= 0.6 is 23.5 Å². The fraction of sp³-hybridized carbons (Fsp3) is 0.450. The Hall–Kier alpha value is -1.93. The number of nitrogens with zero attached hydrogens (tertiary/aromatic N) is 2. The lowest BCUT2D eigenvalue weighted by atomic mass is 9.87. The first-order valence-corrected chi connectivity index (χ1v) is 11.8. The molecule has 148 valence electrons. The average Bonchev–Trinajstić information content (AvgIpc) is 2.72. The Kier molecular flexibility index (Phi) is 5.96. The quantitative estimate of drug-likeness (QED) is 0.575. The van der Waals surface area contributed by atoms with Gasteiger partial charge in [-0.1, -0.05) is 30.8 Å². The highest BCUT2D eigenvalue weighted by Gasteiger charge is 2.31. The SMILES string of the molecule is CCCSc1nc2c(c(=O)[nH]1)C(c1ccc(N3CCSCC3)cc1)CC(=O)N2. The topological polar surface area (TPSA) is 78.1 Å². The number of fused-ring (bicyclic) bond motifs is 1. The molecular weight excluding hydrogens is 392 g/mol. The Bertz CT molecular complexity index is 907. The number of rotatable bonds is 5. The van der Waals surface area contributed by atoms with E-state index in [1.807, 2.05) is 23.9 Å². The lowest BCUT2D eigenvalue weighted by molar-refractivity contribution is -0.116. The second kappa shape index (κ2) is 8.61. The van der Waals surface area contributed by atoms with Crippen molar-refractivity contribution in [3.05, 3.63) is 45.7 Å². The van der Waals surface area contributed by atoms with Gasteiger partial charge in [0.25, 0.3) is 5.56 Å². The van der Waals surface area contributed by atoms with Crippen LogP contribution < -0.4 is 15.8 Å². The molecule has 0 radical (unpaired) electrons. The van der Waals surface area contributed by atoms with Crippen molar-refractivity contribution in [2.24, 2.45) is 0 Å². The van der Waals surface area contributed by atoms with Crippen LogP contribution in [0.15, 0.2) is 34.2 Å². The number of aromatic nitrogens is 2. The Labute approximate surface area is 172 Å². The summed E-state index contributed by atoms with van der Waals surface area (Å²) in [5.74, 6) is 3.21. The molecule has 6 nitrogen and oxygen atoms in total. The van der Waals surface area contributed by atoms with E-state index in [0.717, 1.165) is 42.3 Å². The van der Waals surface area contributed by atoms with E-state index in [4.69, 9.17) is 0 Å². The van der Waals surface area contributed by atoms with E-state index in [0.29, 0.717) is 16.5 Å². The fourth-order valence-electron chi connectivity index (χ4n) is 3.64. The van der Waals surface area contributed by atoms with Crippen molar-refractivity contribution in [2.75, 3.05) is 40.6 Å². The normalized spacial score (nSPS) is 19.2. The highest BCUT2D eigenvalue weighted by atomic mass is 32.2. The number of aromatic amines is 1. The van der Waals surface area contributed by atoms with Gasteiger partial charge in [0.1, 0.15) is 5.82 Å². The Balaban J connectivity index is 1.64. The van der Waals surface area contributed by atoms with Gasteiger partial charge in [0.05, 0.1) is 5.56 Å². The molecule has 0 saturated carbocycles. The first-order chi connectivity index (χ1) is 13.7. The molecule has 1 atom stereocenters.